The highest BCUT2D eigenvalue weighted by atomic mass is 15.3. The smallest absolute Gasteiger partial charge is 0.0596 e. The van der Waals surface area contributed by atoms with Crippen molar-refractivity contribution in [2.75, 3.05) is 32.7 Å². The Morgan fingerprint density at radius 1 is 0.964 bits per heavy atom. The predicted octanol–water partition coefficient (Wildman–Crippen LogP) is 4.19. The van der Waals surface area contributed by atoms with Gasteiger partial charge in [0.1, 0.15) is 0 Å². The number of aromatic nitrogens is 2. The van der Waals surface area contributed by atoms with E-state index in [-0.39, 0.29) is 0 Å². The minimum Gasteiger partial charge on any atom is -0.303 e. The molecule has 1 spiro atoms. The number of nitrogens with zero attached hydrogens (tertiary/aromatic N) is 4. The minimum absolute atomic E-state index is 0.528. The quantitative estimate of drug-likeness (QED) is 0.751. The molecule has 1 unspecified atom stereocenters. The summed E-state index contributed by atoms with van der Waals surface area (Å²) in [6.45, 7) is 14.9. The second-order valence-corrected chi connectivity index (χ2v) is 9.33. The van der Waals surface area contributed by atoms with Gasteiger partial charge in [-0.2, -0.15) is 5.10 Å². The molecule has 2 aromatic rings. The Kier molecular flexibility index (Phi) is 5.88. The maximum absolute atomic E-state index is 4.61. The van der Waals surface area contributed by atoms with Gasteiger partial charge in [0.15, 0.2) is 0 Å². The standard InChI is InChI=1S/C24H36N4/c1-20-7-4-8-23(15-20)17-27-11-5-9-24(19-27)10-14-26(18-24)12-6-13-28-22(3)16-21(2)25-28/h4,7-8,15-16H,5-6,9-14,17-19H2,1-3H3. The van der Waals surface area contributed by atoms with E-state index in [9.17, 15) is 0 Å². The normalized spacial score (nSPS) is 23.7. The van der Waals surface area contributed by atoms with Crippen LogP contribution in [-0.4, -0.2) is 52.3 Å². The first kappa shape index (κ1) is 19.7. The third-order valence-electron chi connectivity index (χ3n) is 6.69. The average Bonchev–Trinajstić information content (AvgIpc) is 3.18. The molecule has 28 heavy (non-hydrogen) atoms. The molecule has 1 aromatic carbocycles. The summed E-state index contributed by atoms with van der Waals surface area (Å²) in [4.78, 5) is 5.42. The molecule has 4 rings (SSSR count). The first-order valence-corrected chi connectivity index (χ1v) is 11.0. The molecule has 0 saturated carbocycles. The van der Waals surface area contributed by atoms with E-state index in [4.69, 9.17) is 0 Å². The number of aryl methyl sites for hydroxylation is 4. The van der Waals surface area contributed by atoms with Crippen LogP contribution in [0, 0.1) is 26.2 Å². The van der Waals surface area contributed by atoms with Crippen LogP contribution < -0.4 is 0 Å². The van der Waals surface area contributed by atoms with Crippen LogP contribution in [-0.2, 0) is 13.1 Å². The predicted molar refractivity (Wildman–Crippen MR) is 115 cm³/mol. The van der Waals surface area contributed by atoms with Gasteiger partial charge in [-0.25, -0.2) is 0 Å². The number of hydrogen-bond acceptors (Lipinski definition) is 3. The Balaban J connectivity index is 1.27. The van der Waals surface area contributed by atoms with Crippen molar-refractivity contribution >= 4 is 0 Å². The molecule has 4 nitrogen and oxygen atoms in total. The van der Waals surface area contributed by atoms with E-state index >= 15 is 0 Å². The van der Waals surface area contributed by atoms with Crippen LogP contribution in [0.15, 0.2) is 30.3 Å². The molecule has 0 amide bonds. The zero-order chi connectivity index (χ0) is 19.6. The second kappa shape index (κ2) is 8.38. The Morgan fingerprint density at radius 2 is 1.82 bits per heavy atom. The molecule has 4 heteroatoms. The Morgan fingerprint density at radius 3 is 2.61 bits per heavy atom. The summed E-state index contributed by atoms with van der Waals surface area (Å²) in [6, 6.07) is 11.2. The number of hydrogen-bond donors (Lipinski definition) is 0. The van der Waals surface area contributed by atoms with Gasteiger partial charge in [0.05, 0.1) is 5.69 Å². The van der Waals surface area contributed by atoms with E-state index in [1.54, 1.807) is 0 Å². The fourth-order valence-electron chi connectivity index (χ4n) is 5.41. The molecule has 0 aliphatic carbocycles. The zero-order valence-corrected chi connectivity index (χ0v) is 18.0. The number of piperidine rings is 1. The Labute approximate surface area is 170 Å². The molecule has 1 atom stereocenters. The van der Waals surface area contributed by atoms with E-state index in [1.807, 2.05) is 0 Å². The van der Waals surface area contributed by atoms with Crippen molar-refractivity contribution in [1.82, 2.24) is 19.6 Å². The fraction of sp³-hybridized carbons (Fsp3) is 0.625. The first-order valence-electron chi connectivity index (χ1n) is 11.0. The summed E-state index contributed by atoms with van der Waals surface area (Å²) in [7, 11) is 0. The summed E-state index contributed by atoms with van der Waals surface area (Å²) < 4.78 is 2.17. The lowest BCUT2D eigenvalue weighted by Crippen LogP contribution is -2.44. The summed E-state index contributed by atoms with van der Waals surface area (Å²) in [6.07, 6.45) is 5.33. The summed E-state index contributed by atoms with van der Waals surface area (Å²) in [5.41, 5.74) is 5.79. The van der Waals surface area contributed by atoms with Gasteiger partial charge < -0.3 is 4.90 Å². The van der Waals surface area contributed by atoms with Gasteiger partial charge in [-0.1, -0.05) is 29.8 Å². The molecular formula is C24H36N4. The molecular weight excluding hydrogens is 344 g/mol. The van der Waals surface area contributed by atoms with Crippen molar-refractivity contribution in [3.8, 4) is 0 Å². The lowest BCUT2D eigenvalue weighted by molar-refractivity contribution is 0.0871. The van der Waals surface area contributed by atoms with Crippen molar-refractivity contribution in [3.05, 3.63) is 52.8 Å². The van der Waals surface area contributed by atoms with E-state index in [1.165, 1.54) is 75.2 Å². The van der Waals surface area contributed by atoms with Crippen molar-refractivity contribution < 1.29 is 0 Å². The molecule has 1 aromatic heterocycles. The van der Waals surface area contributed by atoms with E-state index in [0.29, 0.717) is 5.41 Å². The van der Waals surface area contributed by atoms with Crippen molar-refractivity contribution in [2.45, 2.75) is 59.5 Å². The first-order chi connectivity index (χ1) is 13.5. The molecule has 2 aliphatic rings. The Bertz CT molecular complexity index is 796. The van der Waals surface area contributed by atoms with Crippen LogP contribution >= 0.6 is 0 Å². The van der Waals surface area contributed by atoms with Gasteiger partial charge in [0.25, 0.3) is 0 Å². The van der Waals surface area contributed by atoms with Gasteiger partial charge >= 0.3 is 0 Å². The van der Waals surface area contributed by atoms with E-state index in [2.05, 4.69) is 70.7 Å². The minimum atomic E-state index is 0.528. The number of rotatable bonds is 6. The second-order valence-electron chi connectivity index (χ2n) is 9.33. The van der Waals surface area contributed by atoms with Crippen molar-refractivity contribution in [2.24, 2.45) is 5.41 Å². The van der Waals surface area contributed by atoms with Crippen LogP contribution in [0.3, 0.4) is 0 Å². The monoisotopic (exact) mass is 380 g/mol. The largest absolute Gasteiger partial charge is 0.303 e. The van der Waals surface area contributed by atoms with Crippen LogP contribution in [0.1, 0.15) is 48.2 Å². The molecule has 0 bridgehead atoms. The molecule has 2 fully saturated rings. The molecule has 0 radical (unpaired) electrons. The van der Waals surface area contributed by atoms with Gasteiger partial charge in [-0.3, -0.25) is 9.58 Å². The van der Waals surface area contributed by atoms with Crippen molar-refractivity contribution in [3.63, 3.8) is 0 Å². The van der Waals surface area contributed by atoms with Crippen LogP contribution in [0.2, 0.25) is 0 Å². The van der Waals surface area contributed by atoms with Gasteiger partial charge in [0, 0.05) is 31.9 Å². The molecule has 0 N–H and O–H groups in total. The van der Waals surface area contributed by atoms with Crippen LogP contribution in [0.5, 0.6) is 0 Å². The number of likely N-dealkylation sites (tertiary alicyclic amines) is 2. The Hall–Kier alpha value is -1.65. The fourth-order valence-corrected chi connectivity index (χ4v) is 5.41. The third kappa shape index (κ3) is 4.66. The van der Waals surface area contributed by atoms with Gasteiger partial charge in [-0.15, -0.1) is 0 Å². The van der Waals surface area contributed by atoms with Crippen molar-refractivity contribution in [1.29, 1.82) is 0 Å². The zero-order valence-electron chi connectivity index (χ0n) is 18.0. The summed E-state index contributed by atoms with van der Waals surface area (Å²) in [5.74, 6) is 0. The molecule has 152 valence electrons. The maximum atomic E-state index is 4.61. The molecule has 2 saturated heterocycles. The summed E-state index contributed by atoms with van der Waals surface area (Å²) >= 11 is 0. The maximum Gasteiger partial charge on any atom is 0.0596 e. The lowest BCUT2D eigenvalue weighted by atomic mass is 9.79. The summed E-state index contributed by atoms with van der Waals surface area (Å²) in [5, 5.41) is 4.61. The highest BCUT2D eigenvalue weighted by molar-refractivity contribution is 5.22. The number of benzene rings is 1. The average molecular weight is 381 g/mol. The van der Waals surface area contributed by atoms with Crippen LogP contribution in [0.25, 0.3) is 0 Å². The highest BCUT2D eigenvalue weighted by Gasteiger charge is 2.40. The van der Waals surface area contributed by atoms with E-state index < -0.39 is 0 Å². The highest BCUT2D eigenvalue weighted by Crippen LogP contribution is 2.39. The molecule has 2 aliphatic heterocycles. The third-order valence-corrected chi connectivity index (χ3v) is 6.69. The van der Waals surface area contributed by atoms with Gasteiger partial charge in [0.2, 0.25) is 0 Å². The topological polar surface area (TPSA) is 24.3 Å². The molecule has 3 heterocycles. The van der Waals surface area contributed by atoms with Crippen LogP contribution in [0.4, 0.5) is 0 Å². The SMILES string of the molecule is Cc1cccc(CN2CCCC3(CCN(CCCn4nc(C)cc4C)C3)C2)c1. The van der Waals surface area contributed by atoms with E-state index in [0.717, 1.165) is 18.8 Å². The van der Waals surface area contributed by atoms with Gasteiger partial charge in [-0.05, 0) is 83.1 Å². The lowest BCUT2D eigenvalue weighted by Gasteiger charge is -2.40.